The molecule has 1 N–H and O–H groups in total. The number of hydrogen-bond acceptors (Lipinski definition) is 4. The molecule has 0 aromatic rings. The maximum atomic E-state index is 12.5. The van der Waals surface area contributed by atoms with Crippen LogP contribution >= 0.6 is 0 Å². The number of amides is 2. The quantitative estimate of drug-likeness (QED) is 0.833. The maximum Gasteiger partial charge on any atom is 0.410 e. The number of carbonyl (C=O) groups is 2. The van der Waals surface area contributed by atoms with E-state index in [9.17, 15) is 9.59 Å². The highest BCUT2D eigenvalue weighted by molar-refractivity contribution is 5.78. The van der Waals surface area contributed by atoms with Crippen molar-refractivity contribution >= 4 is 12.0 Å². The maximum absolute atomic E-state index is 12.5. The van der Waals surface area contributed by atoms with Gasteiger partial charge in [0.15, 0.2) is 0 Å². The summed E-state index contributed by atoms with van der Waals surface area (Å²) in [5.74, 6) is 1.66. The molecule has 26 heavy (non-hydrogen) atoms. The van der Waals surface area contributed by atoms with Crippen molar-refractivity contribution in [3.8, 4) is 0 Å². The summed E-state index contributed by atoms with van der Waals surface area (Å²) in [6.07, 6.45) is 1.81. The van der Waals surface area contributed by atoms with Gasteiger partial charge in [0, 0.05) is 32.2 Å². The first-order valence-corrected chi connectivity index (χ1v) is 10.0. The van der Waals surface area contributed by atoms with E-state index in [1.807, 2.05) is 25.7 Å². The summed E-state index contributed by atoms with van der Waals surface area (Å²) >= 11 is 0. The minimum absolute atomic E-state index is 0.199. The first-order valence-electron chi connectivity index (χ1n) is 10.0. The molecule has 0 aromatic carbocycles. The molecule has 6 nitrogen and oxygen atoms in total. The van der Waals surface area contributed by atoms with Crippen LogP contribution in [0, 0.1) is 17.8 Å². The van der Waals surface area contributed by atoms with E-state index in [1.54, 1.807) is 4.90 Å². The lowest BCUT2D eigenvalue weighted by Gasteiger charge is -2.39. The van der Waals surface area contributed by atoms with E-state index in [-0.39, 0.29) is 18.0 Å². The van der Waals surface area contributed by atoms with Gasteiger partial charge in [-0.1, -0.05) is 20.8 Å². The summed E-state index contributed by atoms with van der Waals surface area (Å²) in [5, 5.41) is 3.44. The van der Waals surface area contributed by atoms with E-state index >= 15 is 0 Å². The molecule has 4 atom stereocenters. The molecule has 0 aromatic heterocycles. The van der Waals surface area contributed by atoms with Gasteiger partial charge in [-0.2, -0.15) is 0 Å². The van der Waals surface area contributed by atoms with Crippen LogP contribution in [0.1, 0.15) is 54.4 Å². The van der Waals surface area contributed by atoms with Crippen molar-refractivity contribution in [3.63, 3.8) is 0 Å². The predicted molar refractivity (Wildman–Crippen MR) is 103 cm³/mol. The molecule has 0 radical (unpaired) electrons. The zero-order valence-corrected chi connectivity index (χ0v) is 17.4. The van der Waals surface area contributed by atoms with Crippen LogP contribution < -0.4 is 5.32 Å². The Morgan fingerprint density at radius 1 is 1.04 bits per heavy atom. The van der Waals surface area contributed by atoms with Crippen molar-refractivity contribution in [1.29, 1.82) is 0 Å². The first-order chi connectivity index (χ1) is 12.0. The Morgan fingerprint density at radius 3 is 2.19 bits per heavy atom. The largest absolute Gasteiger partial charge is 0.444 e. The normalized spacial score (nSPS) is 30.2. The molecule has 2 heterocycles. The standard InChI is InChI=1S/C20H37N3O3/c1-14-9-15(2)12-23(11-14)18(24)10-21-17-7-8-22(13-16(17)3)19(25)26-20(4,5)6/h14-17,21H,7-13H2,1-6H3. The number of nitrogens with one attached hydrogen (secondary N) is 1. The zero-order valence-electron chi connectivity index (χ0n) is 17.4. The molecule has 2 rings (SSSR count). The van der Waals surface area contributed by atoms with E-state index in [1.165, 1.54) is 6.42 Å². The van der Waals surface area contributed by atoms with Gasteiger partial charge < -0.3 is 19.9 Å². The summed E-state index contributed by atoms with van der Waals surface area (Å²) in [6, 6.07) is 0.261. The highest BCUT2D eigenvalue weighted by atomic mass is 16.6. The van der Waals surface area contributed by atoms with Crippen LogP contribution in [0.5, 0.6) is 0 Å². The zero-order chi connectivity index (χ0) is 19.5. The first kappa shape index (κ1) is 21.0. The fraction of sp³-hybridized carbons (Fsp3) is 0.900. The fourth-order valence-electron chi connectivity index (χ4n) is 4.14. The lowest BCUT2D eigenvalue weighted by Crippen LogP contribution is -2.53. The van der Waals surface area contributed by atoms with Gasteiger partial charge in [-0.15, -0.1) is 0 Å². The number of piperidine rings is 2. The highest BCUT2D eigenvalue weighted by Gasteiger charge is 2.32. The second-order valence-electron chi connectivity index (χ2n) is 9.42. The molecule has 2 saturated heterocycles. The van der Waals surface area contributed by atoms with Crippen LogP contribution in [-0.2, 0) is 9.53 Å². The molecule has 2 aliphatic rings. The third-order valence-electron chi connectivity index (χ3n) is 5.29. The average molecular weight is 368 g/mol. The molecule has 0 aliphatic carbocycles. The minimum Gasteiger partial charge on any atom is -0.444 e. The van der Waals surface area contributed by atoms with Gasteiger partial charge in [0.05, 0.1) is 6.54 Å². The Labute approximate surface area is 158 Å². The lowest BCUT2D eigenvalue weighted by molar-refractivity contribution is -0.133. The molecule has 2 aliphatic heterocycles. The molecule has 150 valence electrons. The smallest absolute Gasteiger partial charge is 0.410 e. The summed E-state index contributed by atoms with van der Waals surface area (Å²) in [5.41, 5.74) is -0.468. The summed E-state index contributed by atoms with van der Waals surface area (Å²) in [7, 11) is 0. The molecular weight excluding hydrogens is 330 g/mol. The van der Waals surface area contributed by atoms with Gasteiger partial charge >= 0.3 is 6.09 Å². The van der Waals surface area contributed by atoms with Crippen LogP contribution in [0.15, 0.2) is 0 Å². The van der Waals surface area contributed by atoms with Crippen LogP contribution in [0.4, 0.5) is 4.79 Å². The third kappa shape index (κ3) is 6.15. The van der Waals surface area contributed by atoms with E-state index in [2.05, 4.69) is 26.1 Å². The Balaban J connectivity index is 1.77. The molecule has 2 fully saturated rings. The second kappa shape index (κ2) is 8.59. The van der Waals surface area contributed by atoms with E-state index in [0.717, 1.165) is 19.5 Å². The molecule has 0 spiro atoms. The van der Waals surface area contributed by atoms with E-state index in [4.69, 9.17) is 4.74 Å². The number of ether oxygens (including phenoxy) is 1. The minimum atomic E-state index is -0.468. The van der Waals surface area contributed by atoms with Crippen molar-refractivity contribution in [2.45, 2.75) is 66.0 Å². The monoisotopic (exact) mass is 367 g/mol. The Kier molecular flexibility index (Phi) is 6.94. The number of likely N-dealkylation sites (tertiary alicyclic amines) is 2. The van der Waals surface area contributed by atoms with Crippen LogP contribution in [0.25, 0.3) is 0 Å². The van der Waals surface area contributed by atoms with Crippen molar-refractivity contribution in [2.24, 2.45) is 17.8 Å². The highest BCUT2D eigenvalue weighted by Crippen LogP contribution is 2.22. The summed E-state index contributed by atoms with van der Waals surface area (Å²) in [6.45, 7) is 15.7. The van der Waals surface area contributed by atoms with Crippen LogP contribution in [0.2, 0.25) is 0 Å². The molecule has 6 heteroatoms. The number of carbonyl (C=O) groups excluding carboxylic acids is 2. The summed E-state index contributed by atoms with van der Waals surface area (Å²) < 4.78 is 5.46. The fourth-order valence-corrected chi connectivity index (χ4v) is 4.14. The van der Waals surface area contributed by atoms with Gasteiger partial charge in [-0.05, 0) is 51.4 Å². The van der Waals surface area contributed by atoms with Gasteiger partial charge in [0.25, 0.3) is 0 Å². The van der Waals surface area contributed by atoms with Crippen molar-refractivity contribution < 1.29 is 14.3 Å². The van der Waals surface area contributed by atoms with Gasteiger partial charge in [-0.3, -0.25) is 4.79 Å². The van der Waals surface area contributed by atoms with Gasteiger partial charge in [0.2, 0.25) is 5.91 Å². The molecular formula is C20H37N3O3. The predicted octanol–water partition coefficient (Wildman–Crippen LogP) is 2.73. The van der Waals surface area contributed by atoms with Crippen LogP contribution in [0.3, 0.4) is 0 Å². The molecule has 2 amide bonds. The van der Waals surface area contributed by atoms with Crippen molar-refractivity contribution in [1.82, 2.24) is 15.1 Å². The molecule has 4 unspecified atom stereocenters. The molecule has 0 bridgehead atoms. The topological polar surface area (TPSA) is 61.9 Å². The lowest BCUT2D eigenvalue weighted by atomic mass is 9.91. The number of nitrogens with zero attached hydrogens (tertiary/aromatic N) is 2. The van der Waals surface area contributed by atoms with E-state index in [0.29, 0.717) is 37.4 Å². The van der Waals surface area contributed by atoms with Gasteiger partial charge in [0.1, 0.15) is 5.60 Å². The SMILES string of the molecule is CC1CC(C)CN(C(=O)CNC2CCN(C(=O)OC(C)(C)C)CC2C)C1. The second-order valence-corrected chi connectivity index (χ2v) is 9.42. The van der Waals surface area contributed by atoms with Crippen molar-refractivity contribution in [3.05, 3.63) is 0 Å². The number of hydrogen-bond donors (Lipinski definition) is 1. The Morgan fingerprint density at radius 2 is 1.65 bits per heavy atom. The molecule has 0 saturated carbocycles. The summed E-state index contributed by atoms with van der Waals surface area (Å²) in [4.78, 5) is 28.6. The number of rotatable bonds is 3. The Bertz CT molecular complexity index is 493. The van der Waals surface area contributed by atoms with Gasteiger partial charge in [-0.25, -0.2) is 4.79 Å². The van der Waals surface area contributed by atoms with Crippen LogP contribution in [-0.4, -0.2) is 66.2 Å². The van der Waals surface area contributed by atoms with Crippen molar-refractivity contribution in [2.75, 3.05) is 32.7 Å². The Hall–Kier alpha value is -1.30. The van der Waals surface area contributed by atoms with E-state index < -0.39 is 5.60 Å². The third-order valence-corrected chi connectivity index (χ3v) is 5.29. The average Bonchev–Trinajstić information content (AvgIpc) is 2.50.